The van der Waals surface area contributed by atoms with Gasteiger partial charge in [-0.05, 0) is 39.4 Å². The molecular formula is C12H23N3. The zero-order valence-corrected chi connectivity index (χ0v) is 10.2. The van der Waals surface area contributed by atoms with Crippen molar-refractivity contribution in [1.29, 1.82) is 0 Å². The summed E-state index contributed by atoms with van der Waals surface area (Å²) >= 11 is 0. The third-order valence-electron chi connectivity index (χ3n) is 2.78. The fourth-order valence-corrected chi connectivity index (χ4v) is 2.14. The van der Waals surface area contributed by atoms with E-state index >= 15 is 0 Å². The van der Waals surface area contributed by atoms with Crippen LogP contribution in [0.5, 0.6) is 0 Å². The standard InChI is InChI=1S/C12H23N3/c1-5-15(12(2,3)4)11(9-13)10-7-6-8-14-10/h6-8,11,14H,5,9,13H2,1-4H3. The topological polar surface area (TPSA) is 45.0 Å². The zero-order valence-electron chi connectivity index (χ0n) is 10.2. The van der Waals surface area contributed by atoms with Gasteiger partial charge < -0.3 is 10.7 Å². The van der Waals surface area contributed by atoms with Gasteiger partial charge >= 0.3 is 0 Å². The normalized spacial score (nSPS) is 14.5. The highest BCUT2D eigenvalue weighted by molar-refractivity contribution is 5.11. The van der Waals surface area contributed by atoms with Crippen molar-refractivity contribution in [3.8, 4) is 0 Å². The highest BCUT2D eigenvalue weighted by Crippen LogP contribution is 2.25. The van der Waals surface area contributed by atoms with E-state index in [1.165, 1.54) is 5.69 Å². The largest absolute Gasteiger partial charge is 0.364 e. The van der Waals surface area contributed by atoms with Gasteiger partial charge in [0.2, 0.25) is 0 Å². The van der Waals surface area contributed by atoms with Crippen molar-refractivity contribution in [3.05, 3.63) is 24.0 Å². The Hall–Kier alpha value is -0.800. The van der Waals surface area contributed by atoms with E-state index in [1.54, 1.807) is 0 Å². The molecule has 3 heteroatoms. The van der Waals surface area contributed by atoms with Gasteiger partial charge in [0.25, 0.3) is 0 Å². The average Bonchev–Trinajstić information content (AvgIpc) is 2.64. The summed E-state index contributed by atoms with van der Waals surface area (Å²) in [4.78, 5) is 5.67. The van der Waals surface area contributed by atoms with Crippen LogP contribution in [0.4, 0.5) is 0 Å². The molecule has 0 aliphatic carbocycles. The number of rotatable bonds is 4. The van der Waals surface area contributed by atoms with Crippen LogP contribution in [0.25, 0.3) is 0 Å². The molecule has 1 unspecified atom stereocenters. The van der Waals surface area contributed by atoms with E-state index < -0.39 is 0 Å². The molecule has 0 aliphatic rings. The Morgan fingerprint density at radius 3 is 2.47 bits per heavy atom. The van der Waals surface area contributed by atoms with E-state index in [0.29, 0.717) is 6.54 Å². The van der Waals surface area contributed by atoms with Crippen molar-refractivity contribution in [1.82, 2.24) is 9.88 Å². The summed E-state index contributed by atoms with van der Waals surface area (Å²) in [6, 6.07) is 4.41. The van der Waals surface area contributed by atoms with Gasteiger partial charge in [-0.25, -0.2) is 0 Å². The van der Waals surface area contributed by atoms with Crippen molar-refractivity contribution in [2.75, 3.05) is 13.1 Å². The molecule has 1 atom stereocenters. The van der Waals surface area contributed by atoms with Crippen LogP contribution in [0.15, 0.2) is 18.3 Å². The molecule has 15 heavy (non-hydrogen) atoms. The Kier molecular flexibility index (Phi) is 3.94. The number of nitrogens with zero attached hydrogens (tertiary/aromatic N) is 1. The molecule has 0 aliphatic heterocycles. The van der Waals surface area contributed by atoms with Gasteiger partial charge in [-0.2, -0.15) is 0 Å². The van der Waals surface area contributed by atoms with Crippen LogP contribution in [-0.2, 0) is 0 Å². The van der Waals surface area contributed by atoms with Crippen molar-refractivity contribution in [2.45, 2.75) is 39.3 Å². The number of H-pyrrole nitrogens is 1. The molecule has 0 saturated carbocycles. The van der Waals surface area contributed by atoms with Gasteiger partial charge in [0.15, 0.2) is 0 Å². The van der Waals surface area contributed by atoms with Gasteiger partial charge in [0.1, 0.15) is 0 Å². The lowest BCUT2D eigenvalue weighted by molar-refractivity contribution is 0.0900. The summed E-state index contributed by atoms with van der Waals surface area (Å²) in [6.07, 6.45) is 1.95. The Morgan fingerprint density at radius 2 is 2.13 bits per heavy atom. The molecule has 3 nitrogen and oxygen atoms in total. The Labute approximate surface area is 92.7 Å². The van der Waals surface area contributed by atoms with E-state index in [-0.39, 0.29) is 11.6 Å². The molecule has 1 rings (SSSR count). The Balaban J connectivity index is 2.90. The van der Waals surface area contributed by atoms with Crippen LogP contribution < -0.4 is 5.73 Å². The maximum atomic E-state index is 5.88. The average molecular weight is 209 g/mol. The van der Waals surface area contributed by atoms with Gasteiger partial charge in [-0.1, -0.05) is 6.92 Å². The molecule has 1 heterocycles. The van der Waals surface area contributed by atoms with Crippen molar-refractivity contribution >= 4 is 0 Å². The Morgan fingerprint density at radius 1 is 1.47 bits per heavy atom. The molecule has 3 N–H and O–H groups in total. The first-order valence-corrected chi connectivity index (χ1v) is 5.60. The first kappa shape index (κ1) is 12.3. The van der Waals surface area contributed by atoms with Crippen LogP contribution >= 0.6 is 0 Å². The molecule has 1 aromatic rings. The van der Waals surface area contributed by atoms with Crippen molar-refractivity contribution < 1.29 is 0 Å². The Bertz CT molecular complexity index is 272. The minimum atomic E-state index is 0.143. The molecule has 0 amide bonds. The number of hydrogen-bond donors (Lipinski definition) is 2. The first-order valence-electron chi connectivity index (χ1n) is 5.60. The number of aromatic nitrogens is 1. The summed E-state index contributed by atoms with van der Waals surface area (Å²) in [5, 5.41) is 0. The lowest BCUT2D eigenvalue weighted by Gasteiger charge is -2.40. The number of nitrogens with two attached hydrogens (primary N) is 1. The molecule has 0 aromatic carbocycles. The summed E-state index contributed by atoms with van der Waals surface area (Å²) < 4.78 is 0. The smallest absolute Gasteiger partial charge is 0.0626 e. The fraction of sp³-hybridized carbons (Fsp3) is 0.667. The number of aromatic amines is 1. The van der Waals surface area contributed by atoms with Crippen LogP contribution in [0.2, 0.25) is 0 Å². The number of nitrogens with one attached hydrogen (secondary N) is 1. The third-order valence-corrected chi connectivity index (χ3v) is 2.78. The summed E-state index contributed by atoms with van der Waals surface area (Å²) in [5.74, 6) is 0. The van der Waals surface area contributed by atoms with Gasteiger partial charge in [0, 0.05) is 24.0 Å². The lowest BCUT2D eigenvalue weighted by atomic mass is 10.0. The molecule has 0 fully saturated rings. The van der Waals surface area contributed by atoms with Crippen LogP contribution in [-0.4, -0.2) is 28.5 Å². The second-order valence-corrected chi connectivity index (χ2v) is 4.83. The van der Waals surface area contributed by atoms with Crippen LogP contribution in [0, 0.1) is 0 Å². The predicted octanol–water partition coefficient (Wildman–Crippen LogP) is 2.13. The zero-order chi connectivity index (χ0) is 11.5. The maximum absolute atomic E-state index is 5.88. The predicted molar refractivity (Wildman–Crippen MR) is 64.7 cm³/mol. The highest BCUT2D eigenvalue weighted by atomic mass is 15.2. The SMILES string of the molecule is CCN(C(CN)c1ccc[nH]1)C(C)(C)C. The van der Waals surface area contributed by atoms with Gasteiger partial charge in [-0.3, -0.25) is 4.90 Å². The molecular weight excluding hydrogens is 186 g/mol. The van der Waals surface area contributed by atoms with E-state index in [4.69, 9.17) is 5.73 Å². The quantitative estimate of drug-likeness (QED) is 0.798. The summed E-state index contributed by atoms with van der Waals surface area (Å²) in [5.41, 5.74) is 7.22. The second-order valence-electron chi connectivity index (χ2n) is 4.83. The van der Waals surface area contributed by atoms with Crippen LogP contribution in [0.3, 0.4) is 0 Å². The van der Waals surface area contributed by atoms with E-state index in [2.05, 4.69) is 43.6 Å². The number of hydrogen-bond acceptors (Lipinski definition) is 2. The summed E-state index contributed by atoms with van der Waals surface area (Å²) in [7, 11) is 0. The molecule has 1 aromatic heterocycles. The monoisotopic (exact) mass is 209 g/mol. The third kappa shape index (κ3) is 2.83. The molecule has 0 bridgehead atoms. The molecule has 0 spiro atoms. The molecule has 0 saturated heterocycles. The van der Waals surface area contributed by atoms with Crippen molar-refractivity contribution in [2.24, 2.45) is 5.73 Å². The lowest BCUT2D eigenvalue weighted by Crippen LogP contribution is -2.46. The summed E-state index contributed by atoms with van der Waals surface area (Å²) in [6.45, 7) is 10.5. The van der Waals surface area contributed by atoms with Gasteiger partial charge in [-0.15, -0.1) is 0 Å². The van der Waals surface area contributed by atoms with E-state index in [0.717, 1.165) is 6.54 Å². The molecule has 86 valence electrons. The number of likely N-dealkylation sites (N-methyl/N-ethyl adjacent to an activating group) is 1. The molecule has 0 radical (unpaired) electrons. The minimum absolute atomic E-state index is 0.143. The highest BCUT2D eigenvalue weighted by Gasteiger charge is 2.27. The minimum Gasteiger partial charge on any atom is -0.364 e. The fourth-order valence-electron chi connectivity index (χ4n) is 2.14. The van der Waals surface area contributed by atoms with E-state index in [9.17, 15) is 0 Å². The van der Waals surface area contributed by atoms with Crippen LogP contribution in [0.1, 0.15) is 39.4 Å². The first-order chi connectivity index (χ1) is 7.00. The maximum Gasteiger partial charge on any atom is 0.0626 e. The van der Waals surface area contributed by atoms with Gasteiger partial charge in [0.05, 0.1) is 6.04 Å². The van der Waals surface area contributed by atoms with E-state index in [1.807, 2.05) is 12.3 Å². The second kappa shape index (κ2) is 4.81. The van der Waals surface area contributed by atoms with Crippen molar-refractivity contribution in [3.63, 3.8) is 0 Å².